The van der Waals surface area contributed by atoms with Crippen LogP contribution in [0.15, 0.2) is 18.2 Å². The summed E-state index contributed by atoms with van der Waals surface area (Å²) in [6, 6.07) is 5.30. The molecule has 7 heteroatoms. The molecule has 1 saturated heterocycles. The maximum Gasteiger partial charge on any atom is 0.251 e. The summed E-state index contributed by atoms with van der Waals surface area (Å²) in [5.74, 6) is -0.0931. The first-order valence-corrected chi connectivity index (χ1v) is 9.18. The monoisotopic (exact) mass is 358 g/mol. The van der Waals surface area contributed by atoms with Gasteiger partial charge in [-0.2, -0.15) is 0 Å². The standard InChI is InChI=1S/C19H26N4O3/c1-13(23-9-4-3-5-18(23)25)12-20-19(26)14-6-7-16-15(11-14)21-17(24)8-10-22(16)2/h6-7,11,13H,3-5,8-10,12H2,1-2H3,(H,20,26)(H,21,24). The molecule has 1 aromatic rings. The van der Waals surface area contributed by atoms with Gasteiger partial charge in [-0.3, -0.25) is 14.4 Å². The fourth-order valence-electron chi connectivity index (χ4n) is 3.46. The summed E-state index contributed by atoms with van der Waals surface area (Å²) in [4.78, 5) is 40.1. The number of carbonyl (C=O) groups excluding carboxylic acids is 3. The highest BCUT2D eigenvalue weighted by Crippen LogP contribution is 2.28. The third-order valence-electron chi connectivity index (χ3n) is 5.07. The van der Waals surface area contributed by atoms with E-state index < -0.39 is 0 Å². The Hall–Kier alpha value is -2.57. The van der Waals surface area contributed by atoms with E-state index >= 15 is 0 Å². The summed E-state index contributed by atoms with van der Waals surface area (Å²) in [5, 5.41) is 5.76. The van der Waals surface area contributed by atoms with Crippen LogP contribution in [0.3, 0.4) is 0 Å². The molecule has 2 aliphatic rings. The minimum absolute atomic E-state index is 0.0292. The molecule has 1 fully saturated rings. The molecule has 2 N–H and O–H groups in total. The van der Waals surface area contributed by atoms with Gasteiger partial charge in [0, 0.05) is 51.1 Å². The molecule has 0 bridgehead atoms. The predicted molar refractivity (Wildman–Crippen MR) is 100 cm³/mol. The number of nitrogens with one attached hydrogen (secondary N) is 2. The average Bonchev–Trinajstić information content (AvgIpc) is 2.77. The largest absolute Gasteiger partial charge is 0.372 e. The van der Waals surface area contributed by atoms with Crippen LogP contribution >= 0.6 is 0 Å². The second-order valence-electron chi connectivity index (χ2n) is 7.05. The van der Waals surface area contributed by atoms with Crippen molar-refractivity contribution in [3.8, 4) is 0 Å². The number of fused-ring (bicyclic) bond motifs is 1. The first-order valence-electron chi connectivity index (χ1n) is 9.18. The molecule has 2 aliphatic heterocycles. The fraction of sp³-hybridized carbons (Fsp3) is 0.526. The Kier molecular flexibility index (Phi) is 5.44. The van der Waals surface area contributed by atoms with E-state index in [2.05, 4.69) is 10.6 Å². The van der Waals surface area contributed by atoms with Crippen LogP contribution in [0.25, 0.3) is 0 Å². The Morgan fingerprint density at radius 2 is 2.04 bits per heavy atom. The first kappa shape index (κ1) is 18.2. The second-order valence-corrected chi connectivity index (χ2v) is 7.05. The molecule has 2 heterocycles. The molecule has 0 spiro atoms. The molecule has 1 aromatic carbocycles. The summed E-state index contributed by atoms with van der Waals surface area (Å²) in [6.07, 6.45) is 2.98. The van der Waals surface area contributed by atoms with Crippen LogP contribution in [0, 0.1) is 0 Å². The zero-order valence-electron chi connectivity index (χ0n) is 15.4. The number of amides is 3. The first-order chi connectivity index (χ1) is 12.5. The van der Waals surface area contributed by atoms with Crippen LogP contribution < -0.4 is 15.5 Å². The lowest BCUT2D eigenvalue weighted by Crippen LogP contribution is -2.47. The van der Waals surface area contributed by atoms with E-state index in [0.29, 0.717) is 37.2 Å². The molecule has 0 saturated carbocycles. The second kappa shape index (κ2) is 7.76. The number of rotatable bonds is 4. The molecule has 0 aliphatic carbocycles. The lowest BCUT2D eigenvalue weighted by atomic mass is 10.1. The van der Waals surface area contributed by atoms with E-state index in [1.54, 1.807) is 12.1 Å². The van der Waals surface area contributed by atoms with Crippen molar-refractivity contribution in [2.75, 3.05) is 36.9 Å². The number of carbonyl (C=O) groups is 3. The minimum Gasteiger partial charge on any atom is -0.372 e. The Balaban J connectivity index is 1.65. The zero-order chi connectivity index (χ0) is 18.7. The third kappa shape index (κ3) is 3.98. The summed E-state index contributed by atoms with van der Waals surface area (Å²) < 4.78 is 0. The van der Waals surface area contributed by atoms with Crippen molar-refractivity contribution in [1.29, 1.82) is 0 Å². The van der Waals surface area contributed by atoms with Gasteiger partial charge in [-0.1, -0.05) is 0 Å². The maximum absolute atomic E-state index is 12.5. The molecular weight excluding hydrogens is 332 g/mol. The molecule has 1 unspecified atom stereocenters. The SMILES string of the molecule is CC(CNC(=O)c1ccc2c(c1)NC(=O)CCN2C)N1CCCCC1=O. The van der Waals surface area contributed by atoms with Gasteiger partial charge in [0.15, 0.2) is 0 Å². The van der Waals surface area contributed by atoms with E-state index in [0.717, 1.165) is 25.1 Å². The molecule has 1 atom stereocenters. The molecule has 3 amide bonds. The summed E-state index contributed by atoms with van der Waals surface area (Å²) in [7, 11) is 1.93. The van der Waals surface area contributed by atoms with Crippen molar-refractivity contribution in [2.45, 2.75) is 38.6 Å². The number of likely N-dealkylation sites (tertiary alicyclic amines) is 1. The van der Waals surface area contributed by atoms with Gasteiger partial charge in [0.2, 0.25) is 11.8 Å². The Labute approximate surface area is 153 Å². The zero-order valence-corrected chi connectivity index (χ0v) is 15.4. The van der Waals surface area contributed by atoms with Gasteiger partial charge in [-0.05, 0) is 38.0 Å². The average molecular weight is 358 g/mol. The summed E-state index contributed by atoms with van der Waals surface area (Å²) in [6.45, 7) is 3.77. The van der Waals surface area contributed by atoms with Gasteiger partial charge in [0.05, 0.1) is 11.4 Å². The van der Waals surface area contributed by atoms with Gasteiger partial charge < -0.3 is 20.4 Å². The van der Waals surface area contributed by atoms with Crippen molar-refractivity contribution < 1.29 is 14.4 Å². The summed E-state index contributed by atoms with van der Waals surface area (Å²) in [5.41, 5.74) is 2.05. The normalized spacial score (nSPS) is 18.7. The van der Waals surface area contributed by atoms with Crippen molar-refractivity contribution in [2.24, 2.45) is 0 Å². The van der Waals surface area contributed by atoms with E-state index in [4.69, 9.17) is 0 Å². The van der Waals surface area contributed by atoms with Gasteiger partial charge in [0.1, 0.15) is 0 Å². The molecular formula is C19H26N4O3. The predicted octanol–water partition coefficient (Wildman–Crippen LogP) is 1.60. The number of hydrogen-bond donors (Lipinski definition) is 2. The van der Waals surface area contributed by atoms with Crippen LogP contribution in [0.1, 0.15) is 43.0 Å². The molecule has 26 heavy (non-hydrogen) atoms. The Bertz CT molecular complexity index is 719. The van der Waals surface area contributed by atoms with Gasteiger partial charge >= 0.3 is 0 Å². The van der Waals surface area contributed by atoms with Crippen molar-refractivity contribution in [3.05, 3.63) is 23.8 Å². The maximum atomic E-state index is 12.5. The van der Waals surface area contributed by atoms with Crippen molar-refractivity contribution in [1.82, 2.24) is 10.2 Å². The van der Waals surface area contributed by atoms with Gasteiger partial charge in [0.25, 0.3) is 5.91 Å². The van der Waals surface area contributed by atoms with E-state index in [1.807, 2.05) is 29.8 Å². The number of anilines is 2. The van der Waals surface area contributed by atoms with E-state index in [9.17, 15) is 14.4 Å². The smallest absolute Gasteiger partial charge is 0.251 e. The van der Waals surface area contributed by atoms with E-state index in [-0.39, 0.29) is 23.8 Å². The van der Waals surface area contributed by atoms with Crippen LogP contribution in [0.4, 0.5) is 11.4 Å². The topological polar surface area (TPSA) is 81.8 Å². The number of nitrogens with zero attached hydrogens (tertiary/aromatic N) is 2. The molecule has 3 rings (SSSR count). The third-order valence-corrected chi connectivity index (χ3v) is 5.07. The Morgan fingerprint density at radius 3 is 2.81 bits per heavy atom. The highest BCUT2D eigenvalue weighted by Gasteiger charge is 2.24. The summed E-state index contributed by atoms with van der Waals surface area (Å²) >= 11 is 0. The van der Waals surface area contributed by atoms with Crippen LogP contribution in [0.2, 0.25) is 0 Å². The van der Waals surface area contributed by atoms with E-state index in [1.165, 1.54) is 0 Å². The van der Waals surface area contributed by atoms with Crippen LogP contribution in [-0.4, -0.2) is 55.3 Å². The number of benzene rings is 1. The lowest BCUT2D eigenvalue weighted by molar-refractivity contribution is -0.135. The minimum atomic E-state index is -0.203. The fourth-order valence-corrected chi connectivity index (χ4v) is 3.46. The highest BCUT2D eigenvalue weighted by molar-refractivity contribution is 6.00. The molecule has 7 nitrogen and oxygen atoms in total. The number of hydrogen-bond acceptors (Lipinski definition) is 4. The van der Waals surface area contributed by atoms with Gasteiger partial charge in [-0.25, -0.2) is 0 Å². The number of piperidine rings is 1. The highest BCUT2D eigenvalue weighted by atomic mass is 16.2. The van der Waals surface area contributed by atoms with Gasteiger partial charge in [-0.15, -0.1) is 0 Å². The lowest BCUT2D eigenvalue weighted by Gasteiger charge is -2.32. The van der Waals surface area contributed by atoms with Crippen LogP contribution in [0.5, 0.6) is 0 Å². The van der Waals surface area contributed by atoms with Crippen molar-refractivity contribution >= 4 is 29.1 Å². The van der Waals surface area contributed by atoms with Crippen LogP contribution in [-0.2, 0) is 9.59 Å². The molecule has 0 aromatic heterocycles. The van der Waals surface area contributed by atoms with Crippen molar-refractivity contribution in [3.63, 3.8) is 0 Å². The Morgan fingerprint density at radius 1 is 1.23 bits per heavy atom. The molecule has 0 radical (unpaired) electrons. The molecule has 140 valence electrons. The quantitative estimate of drug-likeness (QED) is 0.856.